The first-order valence-corrected chi connectivity index (χ1v) is 7.15. The van der Waals surface area contributed by atoms with Crippen molar-refractivity contribution >= 4 is 11.3 Å². The predicted molar refractivity (Wildman–Crippen MR) is 81.0 cm³/mol. The number of nitrogens with two attached hydrogens (primary N) is 1. The molecule has 5 heteroatoms. The summed E-state index contributed by atoms with van der Waals surface area (Å²) in [6, 6.07) is 7.91. The summed E-state index contributed by atoms with van der Waals surface area (Å²) >= 11 is 1.67. The Kier molecular flexibility index (Phi) is 4.87. The molecule has 0 saturated carbocycles. The maximum absolute atomic E-state index is 6.22. The van der Waals surface area contributed by atoms with E-state index in [-0.39, 0.29) is 6.04 Å². The summed E-state index contributed by atoms with van der Waals surface area (Å²) < 4.78 is 16.0. The average Bonchev–Trinajstić information content (AvgIpc) is 3.00. The molecule has 108 valence electrons. The molecule has 2 aromatic rings. The van der Waals surface area contributed by atoms with Crippen LogP contribution in [0.15, 0.2) is 29.6 Å². The number of rotatable bonds is 6. The van der Waals surface area contributed by atoms with Gasteiger partial charge in [-0.25, -0.2) is 0 Å². The third-order valence-electron chi connectivity index (χ3n) is 3.09. The summed E-state index contributed by atoms with van der Waals surface area (Å²) in [7, 11) is 4.82. The Labute approximate surface area is 123 Å². The van der Waals surface area contributed by atoms with Crippen LogP contribution in [0.2, 0.25) is 0 Å². The van der Waals surface area contributed by atoms with E-state index in [4.69, 9.17) is 19.9 Å². The van der Waals surface area contributed by atoms with E-state index in [9.17, 15) is 0 Å². The molecule has 0 aliphatic carbocycles. The quantitative estimate of drug-likeness (QED) is 0.889. The highest BCUT2D eigenvalue weighted by Crippen LogP contribution is 2.39. The van der Waals surface area contributed by atoms with Crippen molar-refractivity contribution in [1.29, 1.82) is 0 Å². The van der Waals surface area contributed by atoms with Crippen LogP contribution < -0.4 is 19.9 Å². The molecule has 4 nitrogen and oxygen atoms in total. The van der Waals surface area contributed by atoms with Crippen LogP contribution >= 0.6 is 11.3 Å². The lowest BCUT2D eigenvalue weighted by Crippen LogP contribution is -2.12. The van der Waals surface area contributed by atoms with Gasteiger partial charge in [-0.1, -0.05) is 6.07 Å². The maximum Gasteiger partial charge on any atom is 0.203 e. The largest absolute Gasteiger partial charge is 0.493 e. The summed E-state index contributed by atoms with van der Waals surface area (Å²) in [6.45, 7) is 0. The summed E-state index contributed by atoms with van der Waals surface area (Å²) in [5.74, 6) is 1.91. The molecule has 0 aliphatic rings. The molecule has 20 heavy (non-hydrogen) atoms. The highest BCUT2D eigenvalue weighted by Gasteiger charge is 2.15. The molecule has 2 rings (SSSR count). The van der Waals surface area contributed by atoms with Crippen LogP contribution in [0, 0.1) is 0 Å². The molecule has 0 aliphatic heterocycles. The Hall–Kier alpha value is -1.72. The molecular formula is C15H19NO3S. The van der Waals surface area contributed by atoms with Gasteiger partial charge < -0.3 is 19.9 Å². The Balaban J connectivity index is 2.28. The minimum Gasteiger partial charge on any atom is -0.493 e. The molecule has 0 amide bonds. The van der Waals surface area contributed by atoms with Gasteiger partial charge in [-0.15, -0.1) is 11.3 Å². The predicted octanol–water partition coefficient (Wildman–Crippen LogP) is 3.02. The zero-order chi connectivity index (χ0) is 14.5. The molecule has 1 unspecified atom stereocenters. The van der Waals surface area contributed by atoms with E-state index in [1.165, 1.54) is 4.88 Å². The zero-order valence-corrected chi connectivity index (χ0v) is 12.7. The lowest BCUT2D eigenvalue weighted by Gasteiger charge is -2.16. The van der Waals surface area contributed by atoms with Crippen LogP contribution in [0.5, 0.6) is 17.2 Å². The van der Waals surface area contributed by atoms with E-state index < -0.39 is 0 Å². The summed E-state index contributed by atoms with van der Waals surface area (Å²) in [4.78, 5) is 1.17. The van der Waals surface area contributed by atoms with E-state index in [0.29, 0.717) is 17.2 Å². The van der Waals surface area contributed by atoms with Gasteiger partial charge in [-0.3, -0.25) is 0 Å². The van der Waals surface area contributed by atoms with Crippen molar-refractivity contribution in [2.45, 2.75) is 12.5 Å². The molecule has 0 fully saturated rings. The smallest absolute Gasteiger partial charge is 0.203 e. The van der Waals surface area contributed by atoms with Crippen molar-refractivity contribution in [1.82, 2.24) is 0 Å². The summed E-state index contributed by atoms with van der Waals surface area (Å²) in [5, 5.41) is 2.03. The van der Waals surface area contributed by atoms with Crippen molar-refractivity contribution in [3.8, 4) is 17.2 Å². The number of thiophene rings is 1. The fourth-order valence-corrected chi connectivity index (χ4v) is 2.84. The SMILES string of the molecule is COc1cc(CC(N)c2cccs2)cc(OC)c1OC. The Morgan fingerprint density at radius 2 is 1.75 bits per heavy atom. The van der Waals surface area contributed by atoms with Crippen molar-refractivity contribution < 1.29 is 14.2 Å². The number of ether oxygens (including phenoxy) is 3. The van der Waals surface area contributed by atoms with Crippen LogP contribution in [0.4, 0.5) is 0 Å². The second-order valence-corrected chi connectivity index (χ2v) is 5.34. The highest BCUT2D eigenvalue weighted by atomic mass is 32.1. The topological polar surface area (TPSA) is 53.7 Å². The molecule has 1 aromatic heterocycles. The normalized spacial score (nSPS) is 12.0. The van der Waals surface area contributed by atoms with Gasteiger partial charge >= 0.3 is 0 Å². The monoisotopic (exact) mass is 293 g/mol. The molecule has 0 spiro atoms. The molecule has 1 aromatic carbocycles. The van der Waals surface area contributed by atoms with Crippen LogP contribution in [0.3, 0.4) is 0 Å². The molecule has 2 N–H and O–H groups in total. The molecule has 1 atom stereocenters. The Bertz CT molecular complexity index is 529. The first kappa shape index (κ1) is 14.7. The average molecular weight is 293 g/mol. The van der Waals surface area contributed by atoms with Crippen LogP contribution in [0.1, 0.15) is 16.5 Å². The maximum atomic E-state index is 6.22. The van der Waals surface area contributed by atoms with Gasteiger partial charge in [-0.05, 0) is 35.6 Å². The minimum absolute atomic E-state index is 0.0298. The number of hydrogen-bond acceptors (Lipinski definition) is 5. The zero-order valence-electron chi connectivity index (χ0n) is 11.9. The third kappa shape index (κ3) is 3.05. The van der Waals surface area contributed by atoms with Crippen LogP contribution in [0.25, 0.3) is 0 Å². The van der Waals surface area contributed by atoms with Crippen LogP contribution in [-0.4, -0.2) is 21.3 Å². The van der Waals surface area contributed by atoms with E-state index in [0.717, 1.165) is 12.0 Å². The summed E-state index contributed by atoms with van der Waals surface area (Å²) in [6.07, 6.45) is 0.719. The Morgan fingerprint density at radius 1 is 1.10 bits per heavy atom. The third-order valence-corrected chi connectivity index (χ3v) is 4.09. The van der Waals surface area contributed by atoms with E-state index in [1.54, 1.807) is 32.7 Å². The van der Waals surface area contributed by atoms with Gasteiger partial charge in [0.25, 0.3) is 0 Å². The minimum atomic E-state index is -0.0298. The highest BCUT2D eigenvalue weighted by molar-refractivity contribution is 7.10. The van der Waals surface area contributed by atoms with Gasteiger partial charge in [0.15, 0.2) is 11.5 Å². The fourth-order valence-electron chi connectivity index (χ4n) is 2.11. The summed E-state index contributed by atoms with van der Waals surface area (Å²) in [5.41, 5.74) is 7.28. The van der Waals surface area contributed by atoms with Gasteiger partial charge in [0, 0.05) is 10.9 Å². The molecule has 1 heterocycles. The fraction of sp³-hybridized carbons (Fsp3) is 0.333. The Morgan fingerprint density at radius 3 is 2.20 bits per heavy atom. The first-order chi connectivity index (χ1) is 9.69. The lowest BCUT2D eigenvalue weighted by atomic mass is 10.0. The van der Waals surface area contributed by atoms with Crippen molar-refractivity contribution in [3.05, 3.63) is 40.1 Å². The molecule has 0 bridgehead atoms. The number of methoxy groups -OCH3 is 3. The number of benzene rings is 1. The van der Waals surface area contributed by atoms with E-state index in [2.05, 4.69) is 0 Å². The van der Waals surface area contributed by atoms with Crippen molar-refractivity contribution in [2.75, 3.05) is 21.3 Å². The van der Waals surface area contributed by atoms with Crippen LogP contribution in [-0.2, 0) is 6.42 Å². The molecular weight excluding hydrogens is 274 g/mol. The second-order valence-electron chi connectivity index (χ2n) is 4.36. The first-order valence-electron chi connectivity index (χ1n) is 6.27. The van der Waals surface area contributed by atoms with Gasteiger partial charge in [-0.2, -0.15) is 0 Å². The second kappa shape index (κ2) is 6.63. The van der Waals surface area contributed by atoms with Gasteiger partial charge in [0.05, 0.1) is 21.3 Å². The van der Waals surface area contributed by atoms with E-state index >= 15 is 0 Å². The van der Waals surface area contributed by atoms with E-state index in [1.807, 2.05) is 29.6 Å². The standard InChI is InChI=1S/C15H19NO3S/c1-17-12-8-10(9-13(18-2)15(12)19-3)7-11(16)14-5-4-6-20-14/h4-6,8-9,11H,7,16H2,1-3H3. The van der Waals surface area contributed by atoms with Crippen molar-refractivity contribution in [2.24, 2.45) is 5.73 Å². The van der Waals surface area contributed by atoms with Crippen molar-refractivity contribution in [3.63, 3.8) is 0 Å². The number of hydrogen-bond donors (Lipinski definition) is 1. The van der Waals surface area contributed by atoms with Gasteiger partial charge in [0.1, 0.15) is 0 Å². The van der Waals surface area contributed by atoms with Gasteiger partial charge in [0.2, 0.25) is 5.75 Å². The molecule has 0 radical (unpaired) electrons. The lowest BCUT2D eigenvalue weighted by molar-refractivity contribution is 0.323. The molecule has 0 saturated heterocycles.